The number of rotatable bonds is 4. The van der Waals surface area contributed by atoms with E-state index in [9.17, 15) is 4.79 Å². The van der Waals surface area contributed by atoms with E-state index in [0.717, 1.165) is 42.9 Å². The summed E-state index contributed by atoms with van der Waals surface area (Å²) < 4.78 is 1.80. The molecule has 1 fully saturated rings. The highest BCUT2D eigenvalue weighted by Gasteiger charge is 2.27. The maximum atomic E-state index is 13.3. The van der Waals surface area contributed by atoms with Gasteiger partial charge < -0.3 is 10.2 Å². The number of nitrogens with zero attached hydrogens (tertiary/aromatic N) is 3. The lowest BCUT2D eigenvalue weighted by molar-refractivity contribution is 0.0699. The van der Waals surface area contributed by atoms with E-state index in [1.54, 1.807) is 4.68 Å². The topological polar surface area (TPSA) is 50.2 Å². The van der Waals surface area contributed by atoms with Crippen molar-refractivity contribution >= 4 is 5.91 Å². The molecule has 4 rings (SSSR count). The second-order valence-electron chi connectivity index (χ2n) is 6.92. The number of carbonyl (C=O) groups excluding carboxylic acids is 1. The number of likely N-dealkylation sites (N-methyl/N-ethyl adjacent to an activating group) is 1. The molecule has 0 radical (unpaired) electrons. The lowest BCUT2D eigenvalue weighted by Crippen LogP contribution is -2.47. The molecule has 1 atom stereocenters. The molecule has 1 aliphatic rings. The SMILES string of the molecule is CNC1CCCN(C(=O)c2cn(-c3ccccc3)nc2-c2ccccc2)C1. The van der Waals surface area contributed by atoms with Crippen LogP contribution >= 0.6 is 0 Å². The van der Waals surface area contributed by atoms with Crippen LogP contribution in [0.3, 0.4) is 0 Å². The normalized spacial score (nSPS) is 17.1. The van der Waals surface area contributed by atoms with Gasteiger partial charge in [0, 0.05) is 30.9 Å². The van der Waals surface area contributed by atoms with Crippen LogP contribution in [0.5, 0.6) is 0 Å². The largest absolute Gasteiger partial charge is 0.337 e. The highest BCUT2D eigenvalue weighted by molar-refractivity contribution is 6.00. The lowest BCUT2D eigenvalue weighted by atomic mass is 10.0. The Balaban J connectivity index is 1.74. The second-order valence-corrected chi connectivity index (χ2v) is 6.92. The monoisotopic (exact) mass is 360 g/mol. The van der Waals surface area contributed by atoms with Crippen LogP contribution in [-0.4, -0.2) is 46.8 Å². The summed E-state index contributed by atoms with van der Waals surface area (Å²) in [7, 11) is 1.96. The van der Waals surface area contributed by atoms with E-state index in [1.165, 1.54) is 0 Å². The van der Waals surface area contributed by atoms with Gasteiger partial charge in [0.1, 0.15) is 5.69 Å². The molecule has 1 saturated heterocycles. The minimum atomic E-state index is 0.0518. The zero-order valence-corrected chi connectivity index (χ0v) is 15.5. The number of amides is 1. The van der Waals surface area contributed by atoms with Crippen molar-refractivity contribution in [3.63, 3.8) is 0 Å². The van der Waals surface area contributed by atoms with Crippen molar-refractivity contribution in [1.29, 1.82) is 0 Å². The summed E-state index contributed by atoms with van der Waals surface area (Å²) >= 11 is 0. The van der Waals surface area contributed by atoms with Crippen LogP contribution in [0.25, 0.3) is 16.9 Å². The first-order valence-corrected chi connectivity index (χ1v) is 9.43. The quantitative estimate of drug-likeness (QED) is 0.776. The van der Waals surface area contributed by atoms with Crippen molar-refractivity contribution in [3.8, 4) is 16.9 Å². The van der Waals surface area contributed by atoms with Crippen molar-refractivity contribution in [2.45, 2.75) is 18.9 Å². The predicted octanol–water partition coefficient (Wildman–Crippen LogP) is 3.36. The summed E-state index contributed by atoms with van der Waals surface area (Å²) in [6.07, 6.45) is 3.99. The van der Waals surface area contributed by atoms with Gasteiger partial charge in [-0.25, -0.2) is 4.68 Å². The van der Waals surface area contributed by atoms with Crippen molar-refractivity contribution < 1.29 is 4.79 Å². The first-order valence-electron chi connectivity index (χ1n) is 9.43. The minimum Gasteiger partial charge on any atom is -0.337 e. The number of aromatic nitrogens is 2. The summed E-state index contributed by atoms with van der Waals surface area (Å²) in [4.78, 5) is 15.3. The van der Waals surface area contributed by atoms with Crippen molar-refractivity contribution in [1.82, 2.24) is 20.0 Å². The molecular formula is C22H24N4O. The molecule has 3 aromatic rings. The molecule has 27 heavy (non-hydrogen) atoms. The summed E-state index contributed by atoms with van der Waals surface area (Å²) in [5, 5.41) is 8.06. The fourth-order valence-electron chi connectivity index (χ4n) is 3.62. The van der Waals surface area contributed by atoms with E-state index in [1.807, 2.05) is 78.8 Å². The van der Waals surface area contributed by atoms with Gasteiger partial charge >= 0.3 is 0 Å². The number of hydrogen-bond acceptors (Lipinski definition) is 3. The Labute approximate surface area is 159 Å². The van der Waals surface area contributed by atoms with Crippen molar-refractivity contribution in [2.75, 3.05) is 20.1 Å². The van der Waals surface area contributed by atoms with Crippen LogP contribution < -0.4 is 5.32 Å². The Morgan fingerprint density at radius 2 is 1.78 bits per heavy atom. The van der Waals surface area contributed by atoms with E-state index in [4.69, 9.17) is 5.10 Å². The maximum absolute atomic E-state index is 13.3. The third-order valence-corrected chi connectivity index (χ3v) is 5.13. The van der Waals surface area contributed by atoms with Crippen LogP contribution in [0, 0.1) is 0 Å². The molecule has 1 aliphatic heterocycles. The van der Waals surface area contributed by atoms with Gasteiger partial charge in [0.2, 0.25) is 0 Å². The molecular weight excluding hydrogens is 336 g/mol. The first kappa shape index (κ1) is 17.5. The molecule has 1 N–H and O–H groups in total. The molecule has 5 heteroatoms. The highest BCUT2D eigenvalue weighted by atomic mass is 16.2. The molecule has 0 bridgehead atoms. The number of para-hydroxylation sites is 1. The number of carbonyl (C=O) groups is 1. The number of piperidine rings is 1. The zero-order valence-electron chi connectivity index (χ0n) is 15.5. The van der Waals surface area contributed by atoms with Crippen LogP contribution in [0.2, 0.25) is 0 Å². The van der Waals surface area contributed by atoms with Gasteiger partial charge in [0.05, 0.1) is 11.3 Å². The molecule has 1 amide bonds. The van der Waals surface area contributed by atoms with Gasteiger partial charge in [0.15, 0.2) is 0 Å². The Kier molecular flexibility index (Phi) is 5.03. The fraction of sp³-hybridized carbons (Fsp3) is 0.273. The smallest absolute Gasteiger partial charge is 0.257 e. The van der Waals surface area contributed by atoms with Gasteiger partial charge in [0.25, 0.3) is 5.91 Å². The van der Waals surface area contributed by atoms with Gasteiger partial charge in [-0.1, -0.05) is 48.5 Å². The lowest BCUT2D eigenvalue weighted by Gasteiger charge is -2.32. The molecule has 0 aliphatic carbocycles. The molecule has 0 saturated carbocycles. The van der Waals surface area contributed by atoms with Gasteiger partial charge in [-0.2, -0.15) is 5.10 Å². The minimum absolute atomic E-state index is 0.0518. The number of nitrogens with one attached hydrogen (secondary N) is 1. The average Bonchev–Trinajstić information content (AvgIpc) is 3.20. The number of benzene rings is 2. The Bertz CT molecular complexity index is 905. The van der Waals surface area contributed by atoms with E-state index < -0.39 is 0 Å². The Morgan fingerprint density at radius 1 is 1.07 bits per heavy atom. The molecule has 2 aromatic carbocycles. The molecule has 2 heterocycles. The number of hydrogen-bond donors (Lipinski definition) is 1. The molecule has 0 spiro atoms. The molecule has 5 nitrogen and oxygen atoms in total. The van der Waals surface area contributed by atoms with Crippen LogP contribution in [-0.2, 0) is 0 Å². The summed E-state index contributed by atoms with van der Waals surface area (Å²) in [5.74, 6) is 0.0518. The number of likely N-dealkylation sites (tertiary alicyclic amines) is 1. The van der Waals surface area contributed by atoms with Crippen molar-refractivity contribution in [2.24, 2.45) is 0 Å². The third-order valence-electron chi connectivity index (χ3n) is 5.13. The Morgan fingerprint density at radius 3 is 2.48 bits per heavy atom. The molecule has 138 valence electrons. The van der Waals surface area contributed by atoms with E-state index in [0.29, 0.717) is 11.6 Å². The van der Waals surface area contributed by atoms with Crippen LogP contribution in [0.4, 0.5) is 0 Å². The summed E-state index contributed by atoms with van der Waals surface area (Å²) in [6.45, 7) is 1.53. The highest BCUT2D eigenvalue weighted by Crippen LogP contribution is 2.26. The first-order chi connectivity index (χ1) is 13.3. The van der Waals surface area contributed by atoms with Gasteiger partial charge in [-0.15, -0.1) is 0 Å². The van der Waals surface area contributed by atoms with Crippen molar-refractivity contribution in [3.05, 3.63) is 72.4 Å². The van der Waals surface area contributed by atoms with E-state index in [-0.39, 0.29) is 5.91 Å². The van der Waals surface area contributed by atoms with Crippen LogP contribution in [0.15, 0.2) is 66.9 Å². The van der Waals surface area contributed by atoms with Gasteiger partial charge in [-0.3, -0.25) is 4.79 Å². The van der Waals surface area contributed by atoms with E-state index >= 15 is 0 Å². The zero-order chi connectivity index (χ0) is 18.6. The summed E-state index contributed by atoms with van der Waals surface area (Å²) in [6, 6.07) is 20.2. The van der Waals surface area contributed by atoms with Gasteiger partial charge in [-0.05, 0) is 32.0 Å². The molecule has 1 unspecified atom stereocenters. The average molecular weight is 360 g/mol. The van der Waals surface area contributed by atoms with Crippen LogP contribution in [0.1, 0.15) is 23.2 Å². The van der Waals surface area contributed by atoms with E-state index in [2.05, 4.69) is 5.32 Å². The Hall–Kier alpha value is -2.92. The standard InChI is InChI=1S/C22H24N4O/c1-23-18-11-8-14-25(15-18)22(27)20-16-26(19-12-6-3-7-13-19)24-21(20)17-9-4-2-5-10-17/h2-7,9-10,12-13,16,18,23H,8,11,14-15H2,1H3. The third kappa shape index (κ3) is 3.64. The summed E-state index contributed by atoms with van der Waals surface area (Å²) in [5.41, 5.74) is 3.29. The fourth-order valence-corrected chi connectivity index (χ4v) is 3.62. The second kappa shape index (κ2) is 7.76. The maximum Gasteiger partial charge on any atom is 0.257 e. The molecule has 1 aromatic heterocycles. The predicted molar refractivity (Wildman–Crippen MR) is 107 cm³/mol.